The van der Waals surface area contributed by atoms with Crippen molar-refractivity contribution in [2.45, 2.75) is 37.5 Å². The van der Waals surface area contributed by atoms with Crippen molar-refractivity contribution in [2.75, 3.05) is 0 Å². The molecule has 0 N–H and O–H groups in total. The number of pyridine rings is 1. The average Bonchev–Trinajstić information content (AvgIpc) is 3.34. The minimum Gasteiger partial charge on any atom is -0.252 e. The summed E-state index contributed by atoms with van der Waals surface area (Å²) in [6.07, 6.45) is 8.32. The van der Waals surface area contributed by atoms with Gasteiger partial charge in [-0.15, -0.1) is 0 Å². The van der Waals surface area contributed by atoms with Crippen LogP contribution >= 0.6 is 0 Å². The van der Waals surface area contributed by atoms with Gasteiger partial charge in [0.05, 0.1) is 0 Å². The fraction of sp³-hybridized carbons (Fsp3) is 0.158. The smallest absolute Gasteiger partial charge is 0.182 e. The van der Waals surface area contributed by atoms with E-state index >= 15 is 0 Å². The third-order valence-electron chi connectivity index (χ3n) is 9.00. The van der Waals surface area contributed by atoms with Crippen molar-refractivity contribution in [1.29, 1.82) is 0 Å². The van der Waals surface area contributed by atoms with Crippen molar-refractivity contribution < 1.29 is 0 Å². The van der Waals surface area contributed by atoms with Crippen LogP contribution in [0.4, 0.5) is 0 Å². The monoisotopic (exact) mass is 542 g/mol. The lowest BCUT2D eigenvalue weighted by Crippen LogP contribution is -2.28. The number of rotatable bonds is 4. The summed E-state index contributed by atoms with van der Waals surface area (Å²) in [5, 5.41) is 0. The Morgan fingerprint density at radius 3 is 1.71 bits per heavy atom. The van der Waals surface area contributed by atoms with E-state index in [0.717, 1.165) is 22.4 Å². The van der Waals surface area contributed by atoms with Gasteiger partial charge in [-0.05, 0) is 52.8 Å². The second-order valence-electron chi connectivity index (χ2n) is 11.4. The van der Waals surface area contributed by atoms with E-state index in [0.29, 0.717) is 17.5 Å². The highest BCUT2D eigenvalue weighted by Gasteiger charge is 2.43. The van der Waals surface area contributed by atoms with Gasteiger partial charge in [-0.3, -0.25) is 4.98 Å². The zero-order valence-electron chi connectivity index (χ0n) is 23.4. The molecular weight excluding hydrogens is 512 g/mol. The molecule has 1 saturated carbocycles. The maximum absolute atomic E-state index is 4.88. The highest BCUT2D eigenvalue weighted by Crippen LogP contribution is 2.56. The van der Waals surface area contributed by atoms with Crippen LogP contribution < -0.4 is 0 Å². The summed E-state index contributed by atoms with van der Waals surface area (Å²) in [5.41, 5.74) is 10.9. The van der Waals surface area contributed by atoms with E-state index in [2.05, 4.69) is 48.5 Å². The molecule has 0 atom stereocenters. The normalized spacial score (nSPS) is 14.9. The van der Waals surface area contributed by atoms with Gasteiger partial charge in [0.2, 0.25) is 0 Å². The van der Waals surface area contributed by atoms with Gasteiger partial charge in [-0.25, -0.2) is 15.0 Å². The van der Waals surface area contributed by atoms with Crippen molar-refractivity contribution in [3.63, 3.8) is 0 Å². The summed E-state index contributed by atoms with van der Waals surface area (Å²) in [4.78, 5) is 19.4. The molecule has 0 radical (unpaired) electrons. The predicted octanol–water partition coefficient (Wildman–Crippen LogP) is 9.17. The number of benzene rings is 4. The molecular formula is C38H30N4. The van der Waals surface area contributed by atoms with Gasteiger partial charge in [0.1, 0.15) is 5.69 Å². The zero-order valence-corrected chi connectivity index (χ0v) is 23.4. The minimum absolute atomic E-state index is 0.139. The first-order chi connectivity index (χ1) is 20.8. The van der Waals surface area contributed by atoms with E-state index in [1.165, 1.54) is 59.9 Å². The van der Waals surface area contributed by atoms with Crippen LogP contribution in [-0.2, 0) is 5.41 Å². The maximum atomic E-state index is 4.88. The SMILES string of the molecule is c1ccc(-c2nc(-c3ccccc3)nc(-c3ccc(-c4ccc5c(c4)C4(CCCCC4)c4ccccc4-5)cn3)n2)cc1. The van der Waals surface area contributed by atoms with E-state index in [1.54, 1.807) is 0 Å². The third-order valence-corrected chi connectivity index (χ3v) is 9.00. The molecule has 0 aliphatic heterocycles. The second-order valence-corrected chi connectivity index (χ2v) is 11.4. The van der Waals surface area contributed by atoms with Crippen LogP contribution in [0.5, 0.6) is 0 Å². The highest BCUT2D eigenvalue weighted by molar-refractivity contribution is 5.84. The number of aromatic nitrogens is 4. The Labute approximate surface area is 246 Å². The third kappa shape index (κ3) is 4.14. The molecule has 0 bridgehead atoms. The Hall–Kier alpha value is -4.96. The molecule has 4 heteroatoms. The Kier molecular flexibility index (Phi) is 5.99. The Balaban J connectivity index is 1.18. The summed E-state index contributed by atoms with van der Waals surface area (Å²) in [6, 6.07) is 40.3. The van der Waals surface area contributed by atoms with E-state index < -0.39 is 0 Å². The molecule has 2 heterocycles. The first kappa shape index (κ1) is 24.8. The number of fused-ring (bicyclic) bond motifs is 5. The van der Waals surface area contributed by atoms with Crippen molar-refractivity contribution in [1.82, 2.24) is 19.9 Å². The Bertz CT molecular complexity index is 1830. The molecule has 202 valence electrons. The number of nitrogens with zero attached hydrogens (tertiary/aromatic N) is 4. The fourth-order valence-electron chi connectivity index (χ4n) is 6.95. The molecule has 42 heavy (non-hydrogen) atoms. The standard InChI is InChI=1S/C38H30N4/c1-4-12-26(13-5-1)35-40-36(27-14-6-2-7-15-27)42-37(41-35)34-21-19-29(25-39-34)28-18-20-31-30-16-8-9-17-32(30)38(33(31)24-28)22-10-3-11-23-38/h1-2,4-9,12-21,24-25H,3,10-11,22-23H2. The van der Waals surface area contributed by atoms with E-state index in [9.17, 15) is 0 Å². The van der Waals surface area contributed by atoms with Crippen LogP contribution in [-0.4, -0.2) is 19.9 Å². The largest absolute Gasteiger partial charge is 0.252 e. The molecule has 2 aliphatic carbocycles. The van der Waals surface area contributed by atoms with Crippen molar-refractivity contribution in [3.05, 3.63) is 133 Å². The van der Waals surface area contributed by atoms with E-state index in [-0.39, 0.29) is 5.41 Å². The number of hydrogen-bond acceptors (Lipinski definition) is 4. The topological polar surface area (TPSA) is 51.6 Å². The molecule has 8 rings (SSSR count). The van der Waals surface area contributed by atoms with Crippen LogP contribution in [0.25, 0.3) is 56.5 Å². The first-order valence-electron chi connectivity index (χ1n) is 14.9. The van der Waals surface area contributed by atoms with Gasteiger partial charge < -0.3 is 0 Å². The zero-order chi connectivity index (χ0) is 27.9. The summed E-state index contributed by atoms with van der Waals surface area (Å²) in [7, 11) is 0. The molecule has 0 unspecified atom stereocenters. The Morgan fingerprint density at radius 2 is 1.05 bits per heavy atom. The van der Waals surface area contributed by atoms with Gasteiger partial charge in [0.25, 0.3) is 0 Å². The van der Waals surface area contributed by atoms with Crippen molar-refractivity contribution in [3.8, 4) is 56.5 Å². The van der Waals surface area contributed by atoms with Crippen molar-refractivity contribution >= 4 is 0 Å². The lowest BCUT2D eigenvalue weighted by atomic mass is 9.67. The Morgan fingerprint density at radius 1 is 0.452 bits per heavy atom. The van der Waals surface area contributed by atoms with Gasteiger partial charge in [-0.1, -0.05) is 122 Å². The minimum atomic E-state index is 0.139. The lowest BCUT2D eigenvalue weighted by molar-refractivity contribution is 0.353. The van der Waals surface area contributed by atoms with Crippen LogP contribution in [0.1, 0.15) is 43.2 Å². The van der Waals surface area contributed by atoms with Gasteiger partial charge in [0, 0.05) is 28.3 Å². The quantitative estimate of drug-likeness (QED) is 0.223. The van der Waals surface area contributed by atoms with E-state index in [1.807, 2.05) is 72.9 Å². The average molecular weight is 543 g/mol. The fourth-order valence-corrected chi connectivity index (χ4v) is 6.95. The maximum Gasteiger partial charge on any atom is 0.182 e. The van der Waals surface area contributed by atoms with Crippen molar-refractivity contribution in [2.24, 2.45) is 0 Å². The molecule has 4 nitrogen and oxygen atoms in total. The molecule has 1 spiro atoms. The molecule has 0 saturated heterocycles. The molecule has 1 fully saturated rings. The molecule has 4 aromatic carbocycles. The second kappa shape index (κ2) is 10.1. The van der Waals surface area contributed by atoms with Gasteiger partial charge in [0.15, 0.2) is 17.5 Å². The van der Waals surface area contributed by atoms with E-state index in [4.69, 9.17) is 19.9 Å². The lowest BCUT2D eigenvalue weighted by Gasteiger charge is -2.36. The first-order valence-corrected chi connectivity index (χ1v) is 14.9. The molecule has 2 aliphatic rings. The summed E-state index contributed by atoms with van der Waals surface area (Å²) < 4.78 is 0. The molecule has 0 amide bonds. The highest BCUT2D eigenvalue weighted by atomic mass is 15.0. The predicted molar refractivity (Wildman–Crippen MR) is 169 cm³/mol. The van der Waals surface area contributed by atoms with Crippen LogP contribution in [0.15, 0.2) is 121 Å². The number of hydrogen-bond donors (Lipinski definition) is 0. The summed E-state index contributed by atoms with van der Waals surface area (Å²) in [5.74, 6) is 1.85. The van der Waals surface area contributed by atoms with Crippen LogP contribution in [0, 0.1) is 0 Å². The summed E-state index contributed by atoms with van der Waals surface area (Å²) in [6.45, 7) is 0. The molecule has 2 aromatic heterocycles. The molecule has 6 aromatic rings. The van der Waals surface area contributed by atoms with Gasteiger partial charge in [-0.2, -0.15) is 0 Å². The van der Waals surface area contributed by atoms with Gasteiger partial charge >= 0.3 is 0 Å². The van der Waals surface area contributed by atoms with Crippen LogP contribution in [0.2, 0.25) is 0 Å². The summed E-state index contributed by atoms with van der Waals surface area (Å²) >= 11 is 0. The van der Waals surface area contributed by atoms with Crippen LogP contribution in [0.3, 0.4) is 0 Å².